The van der Waals surface area contributed by atoms with E-state index in [4.69, 9.17) is 21.1 Å². The maximum atomic E-state index is 12.8. The molecule has 0 N–H and O–H groups in total. The van der Waals surface area contributed by atoms with Gasteiger partial charge < -0.3 is 9.47 Å². The number of hydrogen-bond acceptors (Lipinski definition) is 6. The van der Waals surface area contributed by atoms with E-state index in [0.717, 1.165) is 11.1 Å². The third-order valence-corrected chi connectivity index (χ3v) is 7.50. The second-order valence-electron chi connectivity index (χ2n) is 7.49. The molecule has 5 rings (SSSR count). The number of ether oxygens (including phenoxy) is 2. The molecule has 0 aliphatic carbocycles. The van der Waals surface area contributed by atoms with Crippen LogP contribution in [-0.2, 0) is 16.4 Å². The molecule has 29 heavy (non-hydrogen) atoms. The normalized spacial score (nSPS) is 24.1. The van der Waals surface area contributed by atoms with Crippen molar-refractivity contribution in [3.63, 3.8) is 0 Å². The fourth-order valence-corrected chi connectivity index (χ4v) is 5.98. The summed E-state index contributed by atoms with van der Waals surface area (Å²) in [5.74, 6) is 1.54. The molecule has 1 saturated heterocycles. The Bertz CT molecular complexity index is 1160. The third kappa shape index (κ3) is 3.43. The summed E-state index contributed by atoms with van der Waals surface area (Å²) in [5.41, 5.74) is 2.04. The molecule has 0 aromatic heterocycles. The molecule has 1 fully saturated rings. The summed E-state index contributed by atoms with van der Waals surface area (Å²) in [6.45, 7) is 0.807. The molecule has 3 aliphatic rings. The molecule has 0 amide bonds. The largest absolute Gasteiger partial charge is 0.478 e. The molecule has 0 spiro atoms. The SMILES string of the molecule is O=C1C(=Cc2cccc(Cl)c2)Oc2c1ccc1c2CN([C@H]2CCS(=O)(=O)C2)CO1. The van der Waals surface area contributed by atoms with E-state index in [0.29, 0.717) is 41.8 Å². The van der Waals surface area contributed by atoms with E-state index in [2.05, 4.69) is 0 Å². The van der Waals surface area contributed by atoms with Crippen LogP contribution < -0.4 is 9.47 Å². The number of sulfone groups is 1. The number of carbonyl (C=O) groups excluding carboxylic acids is 1. The first-order chi connectivity index (χ1) is 13.9. The van der Waals surface area contributed by atoms with Gasteiger partial charge in [0.15, 0.2) is 15.6 Å². The average Bonchev–Trinajstić information content (AvgIpc) is 3.21. The first kappa shape index (κ1) is 18.7. The fourth-order valence-electron chi connectivity index (χ4n) is 4.02. The molecule has 1 atom stereocenters. The summed E-state index contributed by atoms with van der Waals surface area (Å²) < 4.78 is 35.5. The number of hydrogen-bond donors (Lipinski definition) is 0. The highest BCUT2D eigenvalue weighted by Gasteiger charge is 2.38. The zero-order valence-corrected chi connectivity index (χ0v) is 17.0. The molecular formula is C21H18ClNO5S. The standard InChI is InChI=1S/C21H18ClNO5S/c22-14-3-1-2-13(8-14)9-19-20(24)16-4-5-18-17(21(16)28-19)10-23(12-27-18)15-6-7-29(25,26)11-15/h1-5,8-9,15H,6-7,10-12H2/t15-/m0/s1. The van der Waals surface area contributed by atoms with Gasteiger partial charge >= 0.3 is 0 Å². The van der Waals surface area contributed by atoms with Crippen LogP contribution >= 0.6 is 11.6 Å². The Labute approximate surface area is 173 Å². The maximum absolute atomic E-state index is 12.8. The Hall–Kier alpha value is -2.35. The van der Waals surface area contributed by atoms with E-state index >= 15 is 0 Å². The van der Waals surface area contributed by atoms with E-state index in [-0.39, 0.29) is 29.1 Å². The van der Waals surface area contributed by atoms with Crippen molar-refractivity contribution in [3.8, 4) is 11.5 Å². The van der Waals surface area contributed by atoms with Gasteiger partial charge in [-0.1, -0.05) is 23.7 Å². The molecule has 2 aromatic carbocycles. The molecule has 2 aromatic rings. The lowest BCUT2D eigenvalue weighted by Crippen LogP contribution is -2.41. The topological polar surface area (TPSA) is 72.9 Å². The summed E-state index contributed by atoms with van der Waals surface area (Å²) in [4.78, 5) is 14.8. The summed E-state index contributed by atoms with van der Waals surface area (Å²) in [6, 6.07) is 10.6. The zero-order chi connectivity index (χ0) is 20.2. The molecule has 3 heterocycles. The van der Waals surface area contributed by atoms with Gasteiger partial charge in [-0.25, -0.2) is 8.42 Å². The minimum atomic E-state index is -2.99. The number of ketones is 1. The Morgan fingerprint density at radius 3 is 2.83 bits per heavy atom. The predicted octanol–water partition coefficient (Wildman–Crippen LogP) is 3.30. The Kier molecular flexibility index (Phi) is 4.42. The molecule has 0 unspecified atom stereocenters. The third-order valence-electron chi connectivity index (χ3n) is 5.52. The van der Waals surface area contributed by atoms with Gasteiger partial charge in [-0.2, -0.15) is 0 Å². The minimum absolute atomic E-state index is 0.0809. The second-order valence-corrected chi connectivity index (χ2v) is 10.2. The monoisotopic (exact) mass is 431 g/mol. The molecule has 0 saturated carbocycles. The van der Waals surface area contributed by atoms with Crippen LogP contribution in [0.1, 0.15) is 27.9 Å². The van der Waals surface area contributed by atoms with Crippen LogP contribution in [-0.4, -0.2) is 43.4 Å². The van der Waals surface area contributed by atoms with E-state index in [1.54, 1.807) is 30.3 Å². The van der Waals surface area contributed by atoms with Crippen molar-refractivity contribution in [1.29, 1.82) is 0 Å². The van der Waals surface area contributed by atoms with Gasteiger partial charge in [-0.15, -0.1) is 0 Å². The molecule has 0 radical (unpaired) electrons. The van der Waals surface area contributed by atoms with Crippen molar-refractivity contribution in [1.82, 2.24) is 4.90 Å². The lowest BCUT2D eigenvalue weighted by atomic mass is 10.0. The van der Waals surface area contributed by atoms with Crippen LogP contribution in [0.5, 0.6) is 11.5 Å². The number of nitrogens with zero attached hydrogens (tertiary/aromatic N) is 1. The highest BCUT2D eigenvalue weighted by Crippen LogP contribution is 2.42. The number of rotatable bonds is 2. The van der Waals surface area contributed by atoms with Gasteiger partial charge in [-0.05, 0) is 42.3 Å². The van der Waals surface area contributed by atoms with Crippen LogP contribution in [0, 0.1) is 0 Å². The molecular weight excluding hydrogens is 414 g/mol. The summed E-state index contributed by atoms with van der Waals surface area (Å²) in [6.07, 6.45) is 2.27. The Morgan fingerprint density at radius 1 is 1.21 bits per heavy atom. The van der Waals surface area contributed by atoms with E-state index in [1.165, 1.54) is 0 Å². The van der Waals surface area contributed by atoms with Crippen molar-refractivity contribution >= 4 is 33.3 Å². The highest BCUT2D eigenvalue weighted by atomic mass is 35.5. The minimum Gasteiger partial charge on any atom is -0.478 e. The van der Waals surface area contributed by atoms with Crippen molar-refractivity contribution in [2.24, 2.45) is 0 Å². The number of allylic oxidation sites excluding steroid dienone is 1. The lowest BCUT2D eigenvalue weighted by Gasteiger charge is -2.33. The summed E-state index contributed by atoms with van der Waals surface area (Å²) in [5, 5.41) is 0.579. The number of Topliss-reactive ketones (excluding diaryl/α,β-unsaturated/α-hetero) is 1. The number of carbonyl (C=O) groups is 1. The quantitative estimate of drug-likeness (QED) is 0.679. The molecule has 3 aliphatic heterocycles. The first-order valence-electron chi connectivity index (χ1n) is 9.32. The fraction of sp³-hybridized carbons (Fsp3) is 0.286. The van der Waals surface area contributed by atoms with Crippen molar-refractivity contribution in [2.75, 3.05) is 18.2 Å². The molecule has 6 nitrogen and oxygen atoms in total. The second kappa shape index (κ2) is 6.86. The van der Waals surface area contributed by atoms with Crippen molar-refractivity contribution in [2.45, 2.75) is 19.0 Å². The van der Waals surface area contributed by atoms with Gasteiger partial charge in [0.25, 0.3) is 0 Å². The smallest absolute Gasteiger partial charge is 0.231 e. The van der Waals surface area contributed by atoms with Crippen LogP contribution in [0.15, 0.2) is 42.2 Å². The highest BCUT2D eigenvalue weighted by molar-refractivity contribution is 7.91. The predicted molar refractivity (Wildman–Crippen MR) is 109 cm³/mol. The number of fused-ring (bicyclic) bond motifs is 3. The van der Waals surface area contributed by atoms with E-state index < -0.39 is 9.84 Å². The van der Waals surface area contributed by atoms with Crippen LogP contribution in [0.4, 0.5) is 0 Å². The summed E-state index contributed by atoms with van der Waals surface area (Å²) in [7, 11) is -2.99. The van der Waals surface area contributed by atoms with Gasteiger partial charge in [0.1, 0.15) is 18.2 Å². The van der Waals surface area contributed by atoms with Crippen LogP contribution in [0.25, 0.3) is 6.08 Å². The van der Waals surface area contributed by atoms with Crippen molar-refractivity contribution in [3.05, 3.63) is 63.9 Å². The van der Waals surface area contributed by atoms with Crippen LogP contribution in [0.2, 0.25) is 5.02 Å². The van der Waals surface area contributed by atoms with Gasteiger partial charge in [-0.3, -0.25) is 9.69 Å². The van der Waals surface area contributed by atoms with Gasteiger partial charge in [0.05, 0.1) is 22.6 Å². The molecule has 150 valence electrons. The average molecular weight is 432 g/mol. The first-order valence-corrected chi connectivity index (χ1v) is 11.5. The molecule has 0 bridgehead atoms. The Balaban J connectivity index is 1.46. The maximum Gasteiger partial charge on any atom is 0.231 e. The van der Waals surface area contributed by atoms with Gasteiger partial charge in [0.2, 0.25) is 5.78 Å². The number of halogens is 1. The van der Waals surface area contributed by atoms with E-state index in [1.807, 2.05) is 17.0 Å². The number of benzene rings is 2. The van der Waals surface area contributed by atoms with E-state index in [9.17, 15) is 13.2 Å². The molecule has 8 heteroatoms. The van der Waals surface area contributed by atoms with Crippen LogP contribution in [0.3, 0.4) is 0 Å². The summed E-state index contributed by atoms with van der Waals surface area (Å²) >= 11 is 6.03. The van der Waals surface area contributed by atoms with Gasteiger partial charge in [0, 0.05) is 17.6 Å². The lowest BCUT2D eigenvalue weighted by molar-refractivity contribution is 0.0634. The Morgan fingerprint density at radius 2 is 2.07 bits per heavy atom. The van der Waals surface area contributed by atoms with Crippen molar-refractivity contribution < 1.29 is 22.7 Å². The zero-order valence-electron chi connectivity index (χ0n) is 15.4.